The van der Waals surface area contributed by atoms with Gasteiger partial charge in [0.25, 0.3) is 5.91 Å². The molecule has 0 bridgehead atoms. The van der Waals surface area contributed by atoms with E-state index in [4.69, 9.17) is 9.47 Å². The number of pyridine rings is 1. The van der Waals surface area contributed by atoms with Crippen molar-refractivity contribution in [2.24, 2.45) is 5.41 Å². The Balaban J connectivity index is 1.78. The van der Waals surface area contributed by atoms with E-state index in [0.29, 0.717) is 25.5 Å². The molecule has 2 aliphatic heterocycles. The molecule has 5 nitrogen and oxygen atoms in total. The predicted molar refractivity (Wildman–Crippen MR) is 87.4 cm³/mol. The maximum atomic E-state index is 12.8. The summed E-state index contributed by atoms with van der Waals surface area (Å²) in [6, 6.07) is 5.60. The normalized spacial score (nSPS) is 27.6. The molecule has 5 heteroatoms. The van der Waals surface area contributed by atoms with Crippen molar-refractivity contribution in [3.8, 4) is 0 Å². The third-order valence-electron chi connectivity index (χ3n) is 4.98. The van der Waals surface area contributed by atoms with Gasteiger partial charge in [-0.05, 0) is 45.2 Å². The standard InChI is InChI=1S/C18H26N2O3/c1-3-22-13-18-9-5-11-23-16(18)8-10-20(12-18)17(21)15-7-4-6-14(2)19-15/h4,6-7,16H,3,5,8-13H2,1-2H3/t16-,18+/m0/s1. The summed E-state index contributed by atoms with van der Waals surface area (Å²) in [5.74, 6) is 0.0218. The second kappa shape index (κ2) is 6.97. The second-order valence-corrected chi connectivity index (χ2v) is 6.64. The molecular weight excluding hydrogens is 292 g/mol. The molecule has 0 aromatic carbocycles. The molecule has 0 radical (unpaired) electrons. The van der Waals surface area contributed by atoms with Gasteiger partial charge in [-0.3, -0.25) is 4.79 Å². The Morgan fingerprint density at radius 3 is 3.17 bits per heavy atom. The third-order valence-corrected chi connectivity index (χ3v) is 4.98. The van der Waals surface area contributed by atoms with E-state index in [9.17, 15) is 4.79 Å². The summed E-state index contributed by atoms with van der Waals surface area (Å²) in [5, 5.41) is 0. The fraction of sp³-hybridized carbons (Fsp3) is 0.667. The number of carbonyl (C=O) groups is 1. The van der Waals surface area contributed by atoms with Crippen LogP contribution in [0.25, 0.3) is 0 Å². The van der Waals surface area contributed by atoms with Gasteiger partial charge >= 0.3 is 0 Å². The average Bonchev–Trinajstić information content (AvgIpc) is 2.59. The number of carbonyl (C=O) groups excluding carboxylic acids is 1. The predicted octanol–water partition coefficient (Wildman–Crippen LogP) is 2.44. The summed E-state index contributed by atoms with van der Waals surface area (Å²) in [6.07, 6.45) is 3.18. The topological polar surface area (TPSA) is 51.7 Å². The van der Waals surface area contributed by atoms with Crippen LogP contribution in [0, 0.1) is 12.3 Å². The first kappa shape index (κ1) is 16.4. The minimum atomic E-state index is -0.0635. The number of fused-ring (bicyclic) bond motifs is 1. The molecule has 2 atom stereocenters. The molecule has 3 rings (SSSR count). The van der Waals surface area contributed by atoms with Crippen LogP contribution in [-0.4, -0.2) is 54.8 Å². The molecule has 23 heavy (non-hydrogen) atoms. The Hall–Kier alpha value is -1.46. The lowest BCUT2D eigenvalue weighted by Crippen LogP contribution is -2.58. The molecule has 1 amide bonds. The van der Waals surface area contributed by atoms with Crippen molar-refractivity contribution in [1.29, 1.82) is 0 Å². The molecule has 126 valence electrons. The van der Waals surface area contributed by atoms with Crippen LogP contribution in [-0.2, 0) is 9.47 Å². The van der Waals surface area contributed by atoms with Crippen molar-refractivity contribution in [2.45, 2.75) is 39.2 Å². The first-order chi connectivity index (χ1) is 11.1. The zero-order chi connectivity index (χ0) is 16.3. The van der Waals surface area contributed by atoms with Crippen LogP contribution in [0.15, 0.2) is 18.2 Å². The lowest BCUT2D eigenvalue weighted by Gasteiger charge is -2.50. The SMILES string of the molecule is CCOC[C@]12CCCO[C@H]1CCN(C(=O)c1cccc(C)n1)C2. The molecule has 0 N–H and O–H groups in total. The summed E-state index contributed by atoms with van der Waals surface area (Å²) in [5.41, 5.74) is 1.34. The van der Waals surface area contributed by atoms with E-state index >= 15 is 0 Å². The third kappa shape index (κ3) is 3.40. The lowest BCUT2D eigenvalue weighted by molar-refractivity contribution is -0.146. The summed E-state index contributed by atoms with van der Waals surface area (Å²) in [6.45, 7) is 7.54. The minimum Gasteiger partial charge on any atom is -0.381 e. The van der Waals surface area contributed by atoms with Gasteiger partial charge in [0.05, 0.1) is 12.7 Å². The van der Waals surface area contributed by atoms with Gasteiger partial charge in [-0.25, -0.2) is 4.98 Å². The van der Waals surface area contributed by atoms with Crippen LogP contribution in [0.1, 0.15) is 42.4 Å². The van der Waals surface area contributed by atoms with E-state index in [1.54, 1.807) is 6.07 Å². The Morgan fingerprint density at radius 2 is 2.39 bits per heavy atom. The number of rotatable bonds is 4. The highest BCUT2D eigenvalue weighted by molar-refractivity contribution is 5.92. The summed E-state index contributed by atoms with van der Waals surface area (Å²) < 4.78 is 11.8. The first-order valence-corrected chi connectivity index (χ1v) is 8.57. The molecule has 3 heterocycles. The van der Waals surface area contributed by atoms with Crippen molar-refractivity contribution < 1.29 is 14.3 Å². The fourth-order valence-electron chi connectivity index (χ4n) is 3.80. The molecule has 2 fully saturated rings. The molecule has 2 saturated heterocycles. The first-order valence-electron chi connectivity index (χ1n) is 8.57. The molecule has 0 saturated carbocycles. The van der Waals surface area contributed by atoms with E-state index in [2.05, 4.69) is 4.98 Å². The van der Waals surface area contributed by atoms with Gasteiger partial charge in [0.15, 0.2) is 0 Å². The smallest absolute Gasteiger partial charge is 0.272 e. The minimum absolute atomic E-state index is 0.0218. The van der Waals surface area contributed by atoms with Crippen molar-refractivity contribution in [3.05, 3.63) is 29.6 Å². The summed E-state index contributed by atoms with van der Waals surface area (Å²) in [4.78, 5) is 19.1. The largest absolute Gasteiger partial charge is 0.381 e. The Labute approximate surface area is 138 Å². The van der Waals surface area contributed by atoms with Crippen molar-refractivity contribution >= 4 is 5.91 Å². The van der Waals surface area contributed by atoms with Crippen LogP contribution in [0.2, 0.25) is 0 Å². The molecule has 2 aliphatic rings. The van der Waals surface area contributed by atoms with E-state index in [1.165, 1.54) is 0 Å². The van der Waals surface area contributed by atoms with Crippen molar-refractivity contribution in [3.63, 3.8) is 0 Å². The number of likely N-dealkylation sites (tertiary alicyclic amines) is 1. The highest BCUT2D eigenvalue weighted by Gasteiger charge is 2.47. The molecule has 1 aromatic heterocycles. The van der Waals surface area contributed by atoms with E-state index in [0.717, 1.165) is 38.1 Å². The molecule has 0 aliphatic carbocycles. The number of hydrogen-bond acceptors (Lipinski definition) is 4. The number of amides is 1. The van der Waals surface area contributed by atoms with Gasteiger partial charge in [0, 0.05) is 37.4 Å². The zero-order valence-electron chi connectivity index (χ0n) is 14.1. The highest BCUT2D eigenvalue weighted by atomic mass is 16.5. The number of ether oxygens (including phenoxy) is 2. The van der Waals surface area contributed by atoms with Gasteiger partial charge in [-0.15, -0.1) is 0 Å². The zero-order valence-corrected chi connectivity index (χ0v) is 14.1. The van der Waals surface area contributed by atoms with Crippen LogP contribution in [0.4, 0.5) is 0 Å². The van der Waals surface area contributed by atoms with Crippen LogP contribution in [0.3, 0.4) is 0 Å². The van der Waals surface area contributed by atoms with Gasteiger partial charge in [0.2, 0.25) is 0 Å². The Morgan fingerprint density at radius 1 is 1.52 bits per heavy atom. The Bertz CT molecular complexity index is 563. The van der Waals surface area contributed by atoms with Crippen molar-refractivity contribution in [1.82, 2.24) is 9.88 Å². The van der Waals surface area contributed by atoms with Crippen LogP contribution in [0.5, 0.6) is 0 Å². The molecule has 0 spiro atoms. The fourth-order valence-corrected chi connectivity index (χ4v) is 3.80. The highest BCUT2D eigenvalue weighted by Crippen LogP contribution is 2.40. The van der Waals surface area contributed by atoms with Crippen LogP contribution >= 0.6 is 0 Å². The summed E-state index contributed by atoms with van der Waals surface area (Å²) >= 11 is 0. The molecule has 1 aromatic rings. The maximum absolute atomic E-state index is 12.8. The quantitative estimate of drug-likeness (QED) is 0.855. The van der Waals surface area contributed by atoms with Gasteiger partial charge in [0.1, 0.15) is 5.69 Å². The number of hydrogen-bond donors (Lipinski definition) is 0. The average molecular weight is 318 g/mol. The number of nitrogens with zero attached hydrogens (tertiary/aromatic N) is 2. The maximum Gasteiger partial charge on any atom is 0.272 e. The summed E-state index contributed by atoms with van der Waals surface area (Å²) in [7, 11) is 0. The van der Waals surface area contributed by atoms with Gasteiger partial charge < -0.3 is 14.4 Å². The molecule has 0 unspecified atom stereocenters. The van der Waals surface area contributed by atoms with Gasteiger partial charge in [-0.1, -0.05) is 6.07 Å². The van der Waals surface area contributed by atoms with Gasteiger partial charge in [-0.2, -0.15) is 0 Å². The molecular formula is C18H26N2O3. The lowest BCUT2D eigenvalue weighted by atomic mass is 9.73. The Kier molecular flexibility index (Phi) is 4.97. The van der Waals surface area contributed by atoms with E-state index < -0.39 is 0 Å². The van der Waals surface area contributed by atoms with Crippen LogP contribution < -0.4 is 0 Å². The number of aryl methyl sites for hydroxylation is 1. The van der Waals surface area contributed by atoms with E-state index in [-0.39, 0.29) is 17.4 Å². The van der Waals surface area contributed by atoms with E-state index in [1.807, 2.05) is 30.9 Å². The number of piperidine rings is 1. The van der Waals surface area contributed by atoms with Crippen molar-refractivity contribution in [2.75, 3.05) is 32.9 Å². The second-order valence-electron chi connectivity index (χ2n) is 6.64. The number of aromatic nitrogens is 1. The monoisotopic (exact) mass is 318 g/mol.